The number of H-pyrrole nitrogens is 1. The fraction of sp³-hybridized carbons (Fsp3) is 0.148. The van der Waals surface area contributed by atoms with Crippen LogP contribution in [0.25, 0.3) is 16.8 Å². The lowest BCUT2D eigenvalue weighted by molar-refractivity contribution is -0.384. The maximum Gasteiger partial charge on any atom is 0.302 e. The zero-order valence-corrected chi connectivity index (χ0v) is 20.3. The first kappa shape index (κ1) is 24.5. The molecule has 0 spiro atoms. The first-order valence-electron chi connectivity index (χ1n) is 11.7. The average molecular weight is 514 g/mol. The molecule has 0 bridgehead atoms. The number of phenolic OH excluding ortho intramolecular Hbond substituents is 1. The molecule has 192 valence electrons. The van der Waals surface area contributed by atoms with Gasteiger partial charge in [-0.05, 0) is 61.4 Å². The molecule has 1 aromatic heterocycles. The number of carbonyl (C=O) groups is 2. The summed E-state index contributed by atoms with van der Waals surface area (Å²) in [5.74, 6) is -2.32. The molecule has 1 aliphatic heterocycles. The number of rotatable bonds is 6. The number of Topliss-reactive ketones (excluding diaryl/α,β-unsaturated/α-hetero) is 1. The van der Waals surface area contributed by atoms with Crippen molar-refractivity contribution in [2.24, 2.45) is 0 Å². The van der Waals surface area contributed by atoms with Crippen LogP contribution in [0, 0.1) is 17.0 Å². The molecule has 0 aliphatic carbocycles. The number of imidazole rings is 1. The number of aromatic nitrogens is 2. The molecule has 1 saturated heterocycles. The number of nitrogens with one attached hydrogen (secondary N) is 1. The second kappa shape index (κ2) is 9.36. The highest BCUT2D eigenvalue weighted by Gasteiger charge is 2.48. The second-order valence-corrected chi connectivity index (χ2v) is 8.71. The molecule has 11 heteroatoms. The van der Waals surface area contributed by atoms with Gasteiger partial charge in [-0.3, -0.25) is 24.6 Å². The normalized spacial score (nSPS) is 16.8. The Hall–Kier alpha value is -5.19. The molecule has 3 N–H and O–H groups in total. The molecule has 1 amide bonds. The Morgan fingerprint density at radius 3 is 2.55 bits per heavy atom. The number of carbonyl (C=O) groups excluding carboxylic acids is 2. The monoisotopic (exact) mass is 514 g/mol. The van der Waals surface area contributed by atoms with Crippen molar-refractivity contribution in [3.05, 3.63) is 93.0 Å². The summed E-state index contributed by atoms with van der Waals surface area (Å²) in [5.41, 5.74) is 2.22. The molecule has 1 fully saturated rings. The molecule has 0 radical (unpaired) electrons. The smallest absolute Gasteiger partial charge is 0.302 e. The minimum atomic E-state index is -1.15. The molecule has 3 aromatic carbocycles. The number of aromatic hydroxyl groups is 1. The van der Waals surface area contributed by atoms with E-state index in [0.29, 0.717) is 16.6 Å². The number of nitro groups is 1. The van der Waals surface area contributed by atoms with Gasteiger partial charge in [0.05, 0.1) is 34.2 Å². The average Bonchev–Trinajstić information content (AvgIpc) is 3.42. The van der Waals surface area contributed by atoms with Gasteiger partial charge in [0.25, 0.3) is 11.5 Å². The van der Waals surface area contributed by atoms with E-state index in [9.17, 15) is 29.9 Å². The maximum atomic E-state index is 13.4. The third-order valence-corrected chi connectivity index (χ3v) is 6.25. The number of non-ortho nitro benzene ring substituents is 1. The Labute approximate surface area is 215 Å². The van der Waals surface area contributed by atoms with Crippen molar-refractivity contribution in [2.75, 3.05) is 11.5 Å². The highest BCUT2D eigenvalue weighted by molar-refractivity contribution is 6.51. The lowest BCUT2D eigenvalue weighted by Crippen LogP contribution is -2.30. The third-order valence-electron chi connectivity index (χ3n) is 6.25. The van der Waals surface area contributed by atoms with Crippen molar-refractivity contribution < 1.29 is 29.5 Å². The minimum Gasteiger partial charge on any atom is -0.507 e. The van der Waals surface area contributed by atoms with Crippen LogP contribution < -0.4 is 9.64 Å². The maximum absolute atomic E-state index is 13.4. The highest BCUT2D eigenvalue weighted by atomic mass is 16.6. The number of hydrogen-bond donors (Lipinski definition) is 3. The molecule has 1 atom stereocenters. The number of benzene rings is 3. The van der Waals surface area contributed by atoms with Crippen LogP contribution in [0.1, 0.15) is 29.7 Å². The summed E-state index contributed by atoms with van der Waals surface area (Å²) in [4.78, 5) is 46.0. The molecule has 5 rings (SSSR count). The Kier molecular flexibility index (Phi) is 6.03. The van der Waals surface area contributed by atoms with Crippen molar-refractivity contribution in [3.63, 3.8) is 0 Å². The van der Waals surface area contributed by atoms with Gasteiger partial charge in [-0.2, -0.15) is 0 Å². The lowest BCUT2D eigenvalue weighted by atomic mass is 9.95. The van der Waals surface area contributed by atoms with Crippen molar-refractivity contribution in [2.45, 2.75) is 19.9 Å². The first-order valence-corrected chi connectivity index (χ1v) is 11.7. The standard InChI is InChI=1S/C27H22N4O7/c1-3-38-21-13-16(7-11-20(21)32)23-22(24(33)15-5-8-17(9-6-15)31(36)37)25(34)26(35)30(23)27-28-18-10-4-14(2)12-19(18)29-27/h4-13,23,32-33H,3H2,1-2H3,(H,28,29)/b24-22+. The van der Waals surface area contributed by atoms with Gasteiger partial charge < -0.3 is 19.9 Å². The summed E-state index contributed by atoms with van der Waals surface area (Å²) in [6, 6.07) is 13.7. The van der Waals surface area contributed by atoms with Gasteiger partial charge in [-0.15, -0.1) is 0 Å². The minimum absolute atomic E-state index is 0.0893. The summed E-state index contributed by atoms with van der Waals surface area (Å²) < 4.78 is 5.50. The summed E-state index contributed by atoms with van der Waals surface area (Å²) in [7, 11) is 0. The number of aromatic amines is 1. The van der Waals surface area contributed by atoms with Crippen LogP contribution in [0.3, 0.4) is 0 Å². The molecule has 4 aromatic rings. The predicted octanol–water partition coefficient (Wildman–Crippen LogP) is 4.51. The SMILES string of the molecule is CCOc1cc(C2/C(=C(\O)c3ccc([N+](=O)[O-])cc3)C(=O)C(=O)N2c2nc3ccc(C)cc3[nH]2)ccc1O. The van der Waals surface area contributed by atoms with Crippen molar-refractivity contribution in [3.8, 4) is 11.5 Å². The van der Waals surface area contributed by atoms with Crippen LogP contribution in [-0.4, -0.2) is 43.4 Å². The Morgan fingerprint density at radius 1 is 1.13 bits per heavy atom. The predicted molar refractivity (Wildman–Crippen MR) is 138 cm³/mol. The molecule has 2 heterocycles. The first-order chi connectivity index (χ1) is 18.2. The highest BCUT2D eigenvalue weighted by Crippen LogP contribution is 2.43. The number of phenols is 1. The zero-order valence-electron chi connectivity index (χ0n) is 20.3. The fourth-order valence-corrected chi connectivity index (χ4v) is 4.46. The Balaban J connectivity index is 1.72. The number of ketones is 1. The van der Waals surface area contributed by atoms with E-state index in [1.165, 1.54) is 42.5 Å². The molecule has 38 heavy (non-hydrogen) atoms. The third kappa shape index (κ3) is 4.09. The van der Waals surface area contributed by atoms with E-state index in [0.717, 1.165) is 10.5 Å². The van der Waals surface area contributed by atoms with Crippen LogP contribution in [0.15, 0.2) is 66.2 Å². The fourth-order valence-electron chi connectivity index (χ4n) is 4.46. The van der Waals surface area contributed by atoms with E-state index < -0.39 is 28.4 Å². The Bertz CT molecular complexity index is 1640. The number of fused-ring (bicyclic) bond motifs is 1. The molecule has 1 aliphatic rings. The number of anilines is 1. The number of nitrogens with zero attached hydrogens (tertiary/aromatic N) is 3. The Morgan fingerprint density at radius 2 is 1.87 bits per heavy atom. The van der Waals surface area contributed by atoms with Gasteiger partial charge in [0, 0.05) is 17.7 Å². The number of hydrogen-bond acceptors (Lipinski definition) is 8. The van der Waals surface area contributed by atoms with Gasteiger partial charge in [0.15, 0.2) is 11.5 Å². The summed E-state index contributed by atoms with van der Waals surface area (Å²) in [6.45, 7) is 3.90. The topological polar surface area (TPSA) is 159 Å². The molecular weight excluding hydrogens is 492 g/mol. The van der Waals surface area contributed by atoms with Crippen LogP contribution in [0.4, 0.5) is 11.6 Å². The number of ether oxygens (including phenoxy) is 1. The second-order valence-electron chi connectivity index (χ2n) is 8.71. The van der Waals surface area contributed by atoms with Gasteiger partial charge in [-0.1, -0.05) is 12.1 Å². The van der Waals surface area contributed by atoms with Crippen molar-refractivity contribution >= 4 is 40.1 Å². The van der Waals surface area contributed by atoms with E-state index in [4.69, 9.17) is 4.74 Å². The van der Waals surface area contributed by atoms with Crippen molar-refractivity contribution in [1.29, 1.82) is 0 Å². The van der Waals surface area contributed by atoms with Gasteiger partial charge in [0.1, 0.15) is 5.76 Å². The van der Waals surface area contributed by atoms with Crippen LogP contribution >= 0.6 is 0 Å². The van der Waals surface area contributed by atoms with Gasteiger partial charge >= 0.3 is 5.91 Å². The van der Waals surface area contributed by atoms with Crippen LogP contribution in [0.5, 0.6) is 11.5 Å². The molecule has 11 nitrogen and oxygen atoms in total. The largest absolute Gasteiger partial charge is 0.507 e. The number of aliphatic hydroxyl groups excluding tert-OH is 1. The lowest BCUT2D eigenvalue weighted by Gasteiger charge is -2.23. The number of nitro benzene ring substituents is 1. The number of aryl methyl sites for hydroxylation is 1. The summed E-state index contributed by atoms with van der Waals surface area (Å²) >= 11 is 0. The van der Waals surface area contributed by atoms with E-state index in [-0.39, 0.29) is 40.9 Å². The van der Waals surface area contributed by atoms with E-state index in [2.05, 4.69) is 9.97 Å². The van der Waals surface area contributed by atoms with E-state index in [1.807, 2.05) is 19.1 Å². The zero-order chi connectivity index (χ0) is 27.1. The van der Waals surface area contributed by atoms with Gasteiger partial charge in [-0.25, -0.2) is 4.98 Å². The molecular formula is C27H22N4O7. The van der Waals surface area contributed by atoms with Crippen LogP contribution in [0.2, 0.25) is 0 Å². The summed E-state index contributed by atoms with van der Waals surface area (Å²) in [6.07, 6.45) is 0. The van der Waals surface area contributed by atoms with E-state index >= 15 is 0 Å². The van der Waals surface area contributed by atoms with Crippen LogP contribution in [-0.2, 0) is 9.59 Å². The number of amides is 1. The van der Waals surface area contributed by atoms with Crippen molar-refractivity contribution in [1.82, 2.24) is 9.97 Å². The summed E-state index contributed by atoms with van der Waals surface area (Å²) in [5, 5.41) is 32.5. The molecule has 0 saturated carbocycles. The quantitative estimate of drug-likeness (QED) is 0.111. The number of aliphatic hydroxyl groups is 1. The molecule has 1 unspecified atom stereocenters. The van der Waals surface area contributed by atoms with Gasteiger partial charge in [0.2, 0.25) is 5.95 Å². The van der Waals surface area contributed by atoms with E-state index in [1.54, 1.807) is 13.0 Å².